The smallest absolute Gasteiger partial charge is 0.338 e. The van der Waals surface area contributed by atoms with Gasteiger partial charge in [-0.1, -0.05) is 0 Å². The molecule has 0 spiro atoms. The van der Waals surface area contributed by atoms with E-state index in [0.29, 0.717) is 33.0 Å². The number of morpholine rings is 2. The number of esters is 1. The quantitative estimate of drug-likeness (QED) is 0.408. The fraction of sp³-hybridized carbons (Fsp3) is 0.500. The van der Waals surface area contributed by atoms with Crippen LogP contribution < -0.4 is 9.47 Å². The third-order valence-electron chi connectivity index (χ3n) is 6.16. The standard InChI is InChI=1S/C15H20FNO4.C13H16FNO4/c1-2-20-15(18)12-3-4-14(13(16)11-12)21-10-7-17-5-8-19-9-6-17;14-11-9-10(13(16)17)1-2-12(11)19-8-5-15-3-6-18-7-4-15/h3-4,11H,2,5-10H2,1H3;1-2,9H,3-8H2,(H,16,17). The van der Waals surface area contributed by atoms with Crippen LogP contribution in [0.4, 0.5) is 8.78 Å². The number of halogens is 2. The first-order valence-electron chi connectivity index (χ1n) is 13.2. The van der Waals surface area contributed by atoms with Crippen molar-refractivity contribution in [2.75, 3.05) is 85.5 Å². The third-order valence-corrected chi connectivity index (χ3v) is 6.16. The number of carboxylic acids is 1. The van der Waals surface area contributed by atoms with Crippen molar-refractivity contribution in [3.05, 3.63) is 59.2 Å². The fourth-order valence-corrected chi connectivity index (χ4v) is 3.93. The highest BCUT2D eigenvalue weighted by Crippen LogP contribution is 2.20. The van der Waals surface area contributed by atoms with Crippen LogP contribution in [0.25, 0.3) is 0 Å². The number of hydrogen-bond donors (Lipinski definition) is 1. The molecule has 2 aliphatic heterocycles. The Morgan fingerprint density at radius 2 is 1.25 bits per heavy atom. The SMILES string of the molecule is CCOC(=O)c1ccc(OCCN2CCOCC2)c(F)c1.O=C(O)c1ccc(OCCN2CCOCC2)c(F)c1. The number of carbonyl (C=O) groups excluding carboxylic acids is 1. The van der Waals surface area contributed by atoms with E-state index in [9.17, 15) is 18.4 Å². The minimum Gasteiger partial charge on any atom is -0.489 e. The predicted octanol–water partition coefficient (Wildman–Crippen LogP) is 2.95. The van der Waals surface area contributed by atoms with E-state index in [2.05, 4.69) is 9.80 Å². The summed E-state index contributed by atoms with van der Waals surface area (Å²) in [5.74, 6) is -2.66. The van der Waals surface area contributed by atoms with Crippen molar-refractivity contribution < 1.29 is 47.2 Å². The Balaban J connectivity index is 0.000000222. The van der Waals surface area contributed by atoms with Crippen LogP contribution in [0, 0.1) is 11.6 Å². The maximum Gasteiger partial charge on any atom is 0.338 e. The molecule has 220 valence electrons. The van der Waals surface area contributed by atoms with E-state index < -0.39 is 23.6 Å². The summed E-state index contributed by atoms with van der Waals surface area (Å²) in [6, 6.07) is 7.74. The lowest BCUT2D eigenvalue weighted by Gasteiger charge is -2.26. The van der Waals surface area contributed by atoms with Crippen molar-refractivity contribution in [2.45, 2.75) is 6.92 Å². The van der Waals surface area contributed by atoms with Crippen molar-refractivity contribution in [2.24, 2.45) is 0 Å². The molecule has 0 aromatic heterocycles. The first kappa shape index (κ1) is 31.2. The van der Waals surface area contributed by atoms with Gasteiger partial charge >= 0.3 is 11.9 Å². The summed E-state index contributed by atoms with van der Waals surface area (Å²) in [6.45, 7) is 10.5. The lowest BCUT2D eigenvalue weighted by atomic mass is 10.2. The van der Waals surface area contributed by atoms with Gasteiger partial charge < -0.3 is 28.8 Å². The molecule has 2 aliphatic rings. The van der Waals surface area contributed by atoms with E-state index in [0.717, 1.165) is 58.1 Å². The van der Waals surface area contributed by atoms with Gasteiger partial charge in [-0.05, 0) is 43.3 Å². The molecule has 2 fully saturated rings. The Hall–Kier alpha value is -3.32. The Kier molecular flexibility index (Phi) is 13.0. The van der Waals surface area contributed by atoms with E-state index in [1.54, 1.807) is 6.92 Å². The lowest BCUT2D eigenvalue weighted by Crippen LogP contribution is -2.38. The summed E-state index contributed by atoms with van der Waals surface area (Å²) in [5.41, 5.74) is 0.105. The molecular weight excluding hydrogens is 530 g/mol. The molecule has 0 radical (unpaired) electrons. The van der Waals surface area contributed by atoms with Gasteiger partial charge in [0.05, 0.1) is 44.2 Å². The average molecular weight is 567 g/mol. The molecule has 0 bridgehead atoms. The van der Waals surface area contributed by atoms with Crippen LogP contribution in [-0.2, 0) is 14.2 Å². The normalized spacial score (nSPS) is 16.0. The Bertz CT molecular complexity index is 1090. The van der Waals surface area contributed by atoms with Crippen LogP contribution in [0.2, 0.25) is 0 Å². The molecule has 2 saturated heterocycles. The molecule has 40 heavy (non-hydrogen) atoms. The minimum atomic E-state index is -1.15. The number of carbonyl (C=O) groups is 2. The maximum absolute atomic E-state index is 13.8. The van der Waals surface area contributed by atoms with Crippen LogP contribution in [0.15, 0.2) is 36.4 Å². The predicted molar refractivity (Wildman–Crippen MR) is 141 cm³/mol. The van der Waals surface area contributed by atoms with Gasteiger partial charge in [-0.15, -0.1) is 0 Å². The minimum absolute atomic E-state index is 0.0817. The number of carboxylic acid groups (broad SMARTS) is 1. The van der Waals surface area contributed by atoms with Gasteiger partial charge in [-0.3, -0.25) is 9.80 Å². The van der Waals surface area contributed by atoms with Crippen LogP contribution in [0.1, 0.15) is 27.6 Å². The van der Waals surface area contributed by atoms with E-state index in [-0.39, 0.29) is 29.2 Å². The summed E-state index contributed by atoms with van der Waals surface area (Å²) < 4.78 is 53.4. The Labute approximate surface area is 232 Å². The molecule has 2 aromatic rings. The van der Waals surface area contributed by atoms with Crippen LogP contribution >= 0.6 is 0 Å². The summed E-state index contributed by atoms with van der Waals surface area (Å²) >= 11 is 0. The molecule has 2 heterocycles. The second kappa shape index (κ2) is 16.7. The molecule has 0 amide bonds. The number of hydrogen-bond acceptors (Lipinski definition) is 9. The van der Waals surface area contributed by atoms with Crippen LogP contribution in [0.3, 0.4) is 0 Å². The summed E-state index contributed by atoms with van der Waals surface area (Å²) in [6.07, 6.45) is 0. The van der Waals surface area contributed by atoms with Gasteiger partial charge in [0.1, 0.15) is 13.2 Å². The Morgan fingerprint density at radius 1 is 0.800 bits per heavy atom. The summed E-state index contributed by atoms with van der Waals surface area (Å²) in [7, 11) is 0. The van der Waals surface area contributed by atoms with Gasteiger partial charge in [-0.2, -0.15) is 0 Å². The van der Waals surface area contributed by atoms with Crippen molar-refractivity contribution in [3.8, 4) is 11.5 Å². The first-order valence-corrected chi connectivity index (χ1v) is 13.2. The van der Waals surface area contributed by atoms with Gasteiger partial charge in [0.15, 0.2) is 23.1 Å². The highest BCUT2D eigenvalue weighted by molar-refractivity contribution is 5.89. The van der Waals surface area contributed by atoms with Crippen LogP contribution in [-0.4, -0.2) is 112 Å². The number of benzene rings is 2. The largest absolute Gasteiger partial charge is 0.489 e. The van der Waals surface area contributed by atoms with Gasteiger partial charge in [0.2, 0.25) is 0 Å². The van der Waals surface area contributed by atoms with Crippen molar-refractivity contribution in [1.29, 1.82) is 0 Å². The second-order valence-corrected chi connectivity index (χ2v) is 8.92. The average Bonchev–Trinajstić information content (AvgIpc) is 2.96. The Morgan fingerprint density at radius 3 is 1.68 bits per heavy atom. The molecular formula is C28H36F2N2O8. The molecule has 0 saturated carbocycles. The second-order valence-electron chi connectivity index (χ2n) is 8.92. The molecule has 0 atom stereocenters. The highest BCUT2D eigenvalue weighted by Gasteiger charge is 2.14. The van der Waals surface area contributed by atoms with Gasteiger partial charge in [0.25, 0.3) is 0 Å². The number of aromatic carboxylic acids is 1. The van der Waals surface area contributed by atoms with Gasteiger partial charge in [0, 0.05) is 39.3 Å². The number of rotatable bonds is 11. The number of ether oxygens (including phenoxy) is 5. The van der Waals surface area contributed by atoms with Crippen LogP contribution in [0.5, 0.6) is 11.5 Å². The zero-order chi connectivity index (χ0) is 28.7. The number of nitrogens with zero attached hydrogens (tertiary/aromatic N) is 2. The van der Waals surface area contributed by atoms with Crippen molar-refractivity contribution in [3.63, 3.8) is 0 Å². The molecule has 4 rings (SSSR count). The third kappa shape index (κ3) is 10.3. The molecule has 1 N–H and O–H groups in total. The monoisotopic (exact) mass is 566 g/mol. The van der Waals surface area contributed by atoms with E-state index in [1.807, 2.05) is 0 Å². The molecule has 0 unspecified atom stereocenters. The van der Waals surface area contributed by atoms with E-state index >= 15 is 0 Å². The van der Waals surface area contributed by atoms with Crippen molar-refractivity contribution in [1.82, 2.24) is 9.80 Å². The molecule has 0 aliphatic carbocycles. The fourth-order valence-electron chi connectivity index (χ4n) is 3.93. The zero-order valence-electron chi connectivity index (χ0n) is 22.6. The topological polar surface area (TPSA) is 107 Å². The van der Waals surface area contributed by atoms with Crippen molar-refractivity contribution >= 4 is 11.9 Å². The van der Waals surface area contributed by atoms with Gasteiger partial charge in [-0.25, -0.2) is 18.4 Å². The maximum atomic E-state index is 13.8. The summed E-state index contributed by atoms with van der Waals surface area (Å²) in [4.78, 5) is 26.5. The zero-order valence-corrected chi connectivity index (χ0v) is 22.6. The molecule has 12 heteroatoms. The van der Waals surface area contributed by atoms with E-state index in [1.165, 1.54) is 24.3 Å². The first-order chi connectivity index (χ1) is 19.4. The summed E-state index contributed by atoms with van der Waals surface area (Å²) in [5, 5.41) is 8.72. The molecule has 2 aromatic carbocycles. The highest BCUT2D eigenvalue weighted by atomic mass is 19.1. The molecule has 10 nitrogen and oxygen atoms in total. The lowest BCUT2D eigenvalue weighted by molar-refractivity contribution is 0.0319. The van der Waals surface area contributed by atoms with E-state index in [4.69, 9.17) is 28.8 Å².